The van der Waals surface area contributed by atoms with Gasteiger partial charge in [0.1, 0.15) is 0 Å². The van der Waals surface area contributed by atoms with E-state index in [1.54, 1.807) is 0 Å². The van der Waals surface area contributed by atoms with Crippen molar-refractivity contribution in [3.8, 4) is 5.69 Å². The van der Waals surface area contributed by atoms with Gasteiger partial charge in [-0.1, -0.05) is 139 Å². The molecule has 0 unspecified atom stereocenters. The van der Waals surface area contributed by atoms with Crippen LogP contribution in [0.5, 0.6) is 0 Å². The molecule has 0 atom stereocenters. The third-order valence-electron chi connectivity index (χ3n) is 10.8. The van der Waals surface area contributed by atoms with E-state index in [2.05, 4.69) is 228 Å². The van der Waals surface area contributed by atoms with Gasteiger partial charge in [0.2, 0.25) is 0 Å². The van der Waals surface area contributed by atoms with Crippen LogP contribution < -0.4 is 9.80 Å². The largest absolute Gasteiger partial charge is 0.310 e. The standard InChI is InChI=1S/C52H39N3/c1-36-26-30-41(31-27-36)53(38-16-6-3-7-17-38)47-34-49-51(45-24-14-12-22-43(45)47)52-46-25-15-13-23-44(46)48(35-50(52)55(49)40-20-10-5-11-21-40)54(39-18-8-4-9-19-39)42-32-28-37(2)29-33-42/h3-35H,1-2H3. The molecule has 0 aliphatic carbocycles. The average Bonchev–Trinajstić information content (AvgIpc) is 3.58. The Morgan fingerprint density at radius 1 is 0.327 bits per heavy atom. The van der Waals surface area contributed by atoms with E-state index in [9.17, 15) is 0 Å². The van der Waals surface area contributed by atoms with Crippen molar-refractivity contribution in [3.05, 3.63) is 211 Å². The van der Waals surface area contributed by atoms with Crippen LogP contribution in [-0.2, 0) is 0 Å². The van der Waals surface area contributed by atoms with Crippen molar-refractivity contribution in [2.45, 2.75) is 13.8 Å². The first kappa shape index (κ1) is 32.5. The summed E-state index contributed by atoms with van der Waals surface area (Å²) in [5.41, 5.74) is 12.6. The lowest BCUT2D eigenvalue weighted by Crippen LogP contribution is -2.11. The minimum Gasteiger partial charge on any atom is -0.310 e. The number of fused-ring (bicyclic) bond motifs is 7. The van der Waals surface area contributed by atoms with Gasteiger partial charge >= 0.3 is 0 Å². The third-order valence-corrected chi connectivity index (χ3v) is 10.8. The number of nitrogens with zero attached hydrogens (tertiary/aromatic N) is 3. The zero-order valence-electron chi connectivity index (χ0n) is 30.9. The second kappa shape index (κ2) is 13.4. The molecule has 0 aliphatic rings. The van der Waals surface area contributed by atoms with E-state index in [1.807, 2.05) is 0 Å². The summed E-state index contributed by atoms with van der Waals surface area (Å²) in [5, 5.41) is 7.34. The van der Waals surface area contributed by atoms with Crippen LogP contribution in [0.2, 0.25) is 0 Å². The molecule has 262 valence electrons. The van der Waals surface area contributed by atoms with Gasteiger partial charge in [0.05, 0.1) is 22.4 Å². The molecule has 0 saturated carbocycles. The van der Waals surface area contributed by atoms with Crippen molar-refractivity contribution >= 4 is 77.5 Å². The molecule has 0 fully saturated rings. The van der Waals surface area contributed by atoms with Crippen LogP contribution in [0.1, 0.15) is 11.1 Å². The number of para-hydroxylation sites is 3. The van der Waals surface area contributed by atoms with Crippen LogP contribution in [0, 0.1) is 13.8 Å². The first-order valence-electron chi connectivity index (χ1n) is 18.9. The third kappa shape index (κ3) is 5.52. The van der Waals surface area contributed by atoms with Gasteiger partial charge in [0.25, 0.3) is 0 Å². The van der Waals surface area contributed by atoms with E-state index >= 15 is 0 Å². The van der Waals surface area contributed by atoms with Gasteiger partial charge in [-0.3, -0.25) is 0 Å². The minimum absolute atomic E-state index is 1.11. The lowest BCUT2D eigenvalue weighted by atomic mass is 9.96. The fourth-order valence-electron chi connectivity index (χ4n) is 8.31. The second-order valence-corrected chi connectivity index (χ2v) is 14.4. The normalized spacial score (nSPS) is 11.5. The maximum atomic E-state index is 2.48. The second-order valence-electron chi connectivity index (χ2n) is 14.4. The molecule has 0 saturated heterocycles. The van der Waals surface area contributed by atoms with Gasteiger partial charge in [-0.15, -0.1) is 0 Å². The number of anilines is 6. The highest BCUT2D eigenvalue weighted by atomic mass is 15.2. The fourth-order valence-corrected chi connectivity index (χ4v) is 8.31. The van der Waals surface area contributed by atoms with E-state index in [0.717, 1.165) is 50.8 Å². The Kier molecular flexibility index (Phi) is 7.92. The maximum absolute atomic E-state index is 2.48. The molecule has 1 aromatic heterocycles. The maximum Gasteiger partial charge on any atom is 0.0568 e. The summed E-state index contributed by atoms with van der Waals surface area (Å²) in [6.45, 7) is 4.29. The summed E-state index contributed by atoms with van der Waals surface area (Å²) in [7, 11) is 0. The Balaban J connectivity index is 1.38. The van der Waals surface area contributed by atoms with E-state index in [1.165, 1.54) is 43.4 Å². The zero-order valence-corrected chi connectivity index (χ0v) is 30.9. The Labute approximate surface area is 321 Å². The monoisotopic (exact) mass is 705 g/mol. The highest BCUT2D eigenvalue weighted by Gasteiger charge is 2.25. The molecular formula is C52H39N3. The first-order valence-corrected chi connectivity index (χ1v) is 18.9. The smallest absolute Gasteiger partial charge is 0.0568 e. The van der Waals surface area contributed by atoms with Crippen LogP contribution in [0.15, 0.2) is 200 Å². The van der Waals surface area contributed by atoms with Gasteiger partial charge in [-0.2, -0.15) is 0 Å². The molecule has 0 amide bonds. The molecule has 0 bridgehead atoms. The molecule has 55 heavy (non-hydrogen) atoms. The summed E-state index contributed by atoms with van der Waals surface area (Å²) in [5.74, 6) is 0. The molecular weight excluding hydrogens is 667 g/mol. The SMILES string of the molecule is Cc1ccc(N(c2ccccc2)c2cc3c(c4ccccc24)c2c4ccccc4c(N(c4ccccc4)c4ccc(C)cc4)cc2n3-c2ccccc2)cc1. The van der Waals surface area contributed by atoms with Gasteiger partial charge in [0.15, 0.2) is 0 Å². The van der Waals surface area contributed by atoms with Crippen molar-refractivity contribution in [1.82, 2.24) is 4.57 Å². The van der Waals surface area contributed by atoms with Crippen LogP contribution >= 0.6 is 0 Å². The molecule has 3 nitrogen and oxygen atoms in total. The van der Waals surface area contributed by atoms with Crippen LogP contribution in [0.4, 0.5) is 34.1 Å². The van der Waals surface area contributed by atoms with Crippen LogP contribution in [-0.4, -0.2) is 4.57 Å². The fraction of sp³-hybridized carbons (Fsp3) is 0.0385. The van der Waals surface area contributed by atoms with Gasteiger partial charge in [-0.25, -0.2) is 0 Å². The van der Waals surface area contributed by atoms with Crippen molar-refractivity contribution in [2.24, 2.45) is 0 Å². The molecule has 3 heteroatoms. The number of hydrogen-bond donors (Lipinski definition) is 0. The number of rotatable bonds is 7. The lowest BCUT2D eigenvalue weighted by Gasteiger charge is -2.27. The summed E-state index contributed by atoms with van der Waals surface area (Å²) in [6, 6.07) is 72.8. The van der Waals surface area contributed by atoms with Crippen LogP contribution in [0.3, 0.4) is 0 Å². The predicted molar refractivity (Wildman–Crippen MR) is 235 cm³/mol. The molecule has 0 aliphatic heterocycles. The summed E-state index contributed by atoms with van der Waals surface area (Å²) in [4.78, 5) is 4.82. The molecule has 0 N–H and O–H groups in total. The summed E-state index contributed by atoms with van der Waals surface area (Å²) >= 11 is 0. The number of aryl methyl sites for hydroxylation is 2. The predicted octanol–water partition coefficient (Wildman–Crippen LogP) is 14.6. The van der Waals surface area contributed by atoms with Gasteiger partial charge in [-0.05, 0) is 97.4 Å². The first-order chi connectivity index (χ1) is 27.1. The van der Waals surface area contributed by atoms with Gasteiger partial charge in [0, 0.05) is 50.0 Å². The molecule has 9 aromatic carbocycles. The number of aromatic nitrogens is 1. The molecule has 0 spiro atoms. The Morgan fingerprint density at radius 2 is 0.655 bits per heavy atom. The molecule has 10 rings (SSSR count). The Morgan fingerprint density at radius 3 is 1.05 bits per heavy atom. The lowest BCUT2D eigenvalue weighted by molar-refractivity contribution is 1.18. The van der Waals surface area contributed by atoms with Crippen molar-refractivity contribution in [3.63, 3.8) is 0 Å². The Hall–Kier alpha value is -7.10. The van der Waals surface area contributed by atoms with E-state index in [-0.39, 0.29) is 0 Å². The average molecular weight is 706 g/mol. The van der Waals surface area contributed by atoms with E-state index in [4.69, 9.17) is 0 Å². The van der Waals surface area contributed by atoms with Crippen molar-refractivity contribution < 1.29 is 0 Å². The molecule has 1 heterocycles. The summed E-state index contributed by atoms with van der Waals surface area (Å²) in [6.07, 6.45) is 0. The van der Waals surface area contributed by atoms with Gasteiger partial charge < -0.3 is 14.4 Å². The quantitative estimate of drug-likeness (QED) is 0.164. The molecule has 10 aromatic rings. The number of hydrogen-bond acceptors (Lipinski definition) is 2. The highest BCUT2D eigenvalue weighted by molar-refractivity contribution is 6.32. The Bertz CT molecular complexity index is 2780. The van der Waals surface area contributed by atoms with E-state index < -0.39 is 0 Å². The summed E-state index contributed by atoms with van der Waals surface area (Å²) < 4.78 is 2.48. The van der Waals surface area contributed by atoms with Crippen molar-refractivity contribution in [1.29, 1.82) is 0 Å². The highest BCUT2D eigenvalue weighted by Crippen LogP contribution is 2.49. The topological polar surface area (TPSA) is 11.4 Å². The molecule has 0 radical (unpaired) electrons. The van der Waals surface area contributed by atoms with E-state index in [0.29, 0.717) is 0 Å². The number of benzene rings is 9. The van der Waals surface area contributed by atoms with Crippen LogP contribution in [0.25, 0.3) is 49.0 Å². The minimum atomic E-state index is 1.11. The zero-order chi connectivity index (χ0) is 36.9. The van der Waals surface area contributed by atoms with Crippen molar-refractivity contribution in [2.75, 3.05) is 9.80 Å².